The van der Waals surface area contributed by atoms with E-state index in [0.717, 1.165) is 5.96 Å². The maximum Gasteiger partial charge on any atom is 0.325 e. The van der Waals surface area contributed by atoms with Gasteiger partial charge in [0.2, 0.25) is 0 Å². The smallest absolute Gasteiger partial charge is 0.325 e. The number of aliphatic imine (C=N–C) groups is 1. The Hall–Kier alpha value is -2.36. The number of fused-ring (bicyclic) bond motifs is 1. The number of esters is 1. The number of guanidine groups is 1. The van der Waals surface area contributed by atoms with Crippen molar-refractivity contribution in [1.29, 1.82) is 0 Å². The number of rotatable bonds is 4. The molecule has 2 saturated heterocycles. The van der Waals surface area contributed by atoms with Crippen molar-refractivity contribution >= 4 is 23.9 Å². The van der Waals surface area contributed by atoms with E-state index >= 15 is 0 Å². The number of carbonyl (C=O) groups excluding carboxylic acids is 3. The van der Waals surface area contributed by atoms with Gasteiger partial charge >= 0.3 is 12.0 Å². The first-order valence-electron chi connectivity index (χ1n) is 9.28. The Balaban J connectivity index is 1.75. The lowest BCUT2D eigenvalue weighted by molar-refractivity contribution is -0.142. The lowest BCUT2D eigenvalue weighted by Gasteiger charge is -2.40. The highest BCUT2D eigenvalue weighted by Crippen LogP contribution is 2.26. The van der Waals surface area contributed by atoms with Crippen molar-refractivity contribution < 1.29 is 19.1 Å². The second kappa shape index (κ2) is 7.71. The fourth-order valence-corrected chi connectivity index (χ4v) is 3.72. The highest BCUT2D eigenvalue weighted by atomic mass is 16.5. The number of urea groups is 1. The molecule has 3 aliphatic heterocycles. The molecule has 0 spiro atoms. The number of nitrogens with one attached hydrogen (secondary N) is 1. The molecule has 0 saturated carbocycles. The van der Waals surface area contributed by atoms with Crippen molar-refractivity contribution in [2.24, 2.45) is 10.9 Å². The minimum atomic E-state index is -0.506. The Bertz CT molecular complexity index is 643. The number of likely N-dealkylation sites (N-methyl/N-ethyl adjacent to an activating group) is 1. The molecule has 2 fully saturated rings. The predicted octanol–water partition coefficient (Wildman–Crippen LogP) is -1.02. The van der Waals surface area contributed by atoms with Gasteiger partial charge in [-0.15, -0.1) is 0 Å². The molecule has 0 aromatic heterocycles. The first kappa shape index (κ1) is 19.4. The summed E-state index contributed by atoms with van der Waals surface area (Å²) in [7, 11) is 3.05. The largest absolute Gasteiger partial charge is 0.468 e. The van der Waals surface area contributed by atoms with E-state index < -0.39 is 18.2 Å². The molecule has 2 atom stereocenters. The summed E-state index contributed by atoms with van der Waals surface area (Å²) in [6, 6.07) is -0.920. The number of piperazine rings is 1. The highest BCUT2D eigenvalue weighted by molar-refractivity contribution is 6.03. The maximum atomic E-state index is 12.5. The number of imide groups is 1. The molecule has 1 N–H and O–H groups in total. The minimum Gasteiger partial charge on any atom is -0.468 e. The fraction of sp³-hybridized carbons (Fsp3) is 0.765. The zero-order valence-electron chi connectivity index (χ0n) is 16.3. The van der Waals surface area contributed by atoms with Crippen LogP contribution in [0.5, 0.6) is 0 Å². The number of nitrogens with zero attached hydrogens (tertiary/aromatic N) is 5. The molecule has 3 aliphatic rings. The highest BCUT2D eigenvalue weighted by Gasteiger charge is 2.49. The topological polar surface area (TPSA) is 97.8 Å². The first-order chi connectivity index (χ1) is 12.8. The van der Waals surface area contributed by atoms with E-state index in [1.54, 1.807) is 7.05 Å². The van der Waals surface area contributed by atoms with Gasteiger partial charge in [-0.25, -0.2) is 9.79 Å². The molecule has 27 heavy (non-hydrogen) atoms. The van der Waals surface area contributed by atoms with Gasteiger partial charge in [0.1, 0.15) is 0 Å². The van der Waals surface area contributed by atoms with Crippen molar-refractivity contribution in [3.63, 3.8) is 0 Å². The third-order valence-electron chi connectivity index (χ3n) is 5.14. The van der Waals surface area contributed by atoms with Crippen molar-refractivity contribution in [2.75, 3.05) is 53.4 Å². The number of carbonyl (C=O) groups is 3. The van der Waals surface area contributed by atoms with Gasteiger partial charge in [-0.3, -0.25) is 19.8 Å². The van der Waals surface area contributed by atoms with Gasteiger partial charge in [0, 0.05) is 39.8 Å². The van der Waals surface area contributed by atoms with E-state index in [1.165, 1.54) is 12.0 Å². The molecule has 3 amide bonds. The Morgan fingerprint density at radius 2 is 1.93 bits per heavy atom. The number of hydrogen-bond acceptors (Lipinski definition) is 8. The number of amides is 3. The van der Waals surface area contributed by atoms with Crippen LogP contribution in [0.15, 0.2) is 4.99 Å². The van der Waals surface area contributed by atoms with Gasteiger partial charge in [-0.1, -0.05) is 13.8 Å². The molecule has 10 heteroatoms. The molecular formula is C17H28N6O4. The Morgan fingerprint density at radius 3 is 2.52 bits per heavy atom. The van der Waals surface area contributed by atoms with Crippen LogP contribution < -0.4 is 5.32 Å². The lowest BCUT2D eigenvalue weighted by Crippen LogP contribution is -2.65. The van der Waals surface area contributed by atoms with Crippen molar-refractivity contribution in [2.45, 2.75) is 26.1 Å². The predicted molar refractivity (Wildman–Crippen MR) is 97.9 cm³/mol. The zero-order valence-corrected chi connectivity index (χ0v) is 16.3. The van der Waals surface area contributed by atoms with E-state index in [0.29, 0.717) is 38.6 Å². The van der Waals surface area contributed by atoms with Crippen molar-refractivity contribution in [3.05, 3.63) is 0 Å². The molecule has 0 aliphatic carbocycles. The van der Waals surface area contributed by atoms with Gasteiger partial charge in [0.25, 0.3) is 5.91 Å². The Kier molecular flexibility index (Phi) is 5.54. The first-order valence-corrected chi connectivity index (χ1v) is 9.28. The van der Waals surface area contributed by atoms with Gasteiger partial charge in [0.15, 0.2) is 18.2 Å². The van der Waals surface area contributed by atoms with Gasteiger partial charge < -0.3 is 19.4 Å². The second-order valence-electron chi connectivity index (χ2n) is 7.58. The van der Waals surface area contributed by atoms with E-state index in [4.69, 9.17) is 9.73 Å². The van der Waals surface area contributed by atoms with Crippen LogP contribution >= 0.6 is 0 Å². The SMILES string of the molecule is COC(=O)CN1CCN(C2=NC3C(C(=O)NC(=O)N3C)N2CC(C)C)CC1. The zero-order chi connectivity index (χ0) is 19.7. The van der Waals surface area contributed by atoms with Crippen LogP contribution in [-0.2, 0) is 14.3 Å². The average Bonchev–Trinajstić information content (AvgIpc) is 2.99. The van der Waals surface area contributed by atoms with Crippen LogP contribution in [0.2, 0.25) is 0 Å². The molecule has 0 bridgehead atoms. The lowest BCUT2D eigenvalue weighted by atomic mass is 10.1. The molecule has 0 aromatic carbocycles. The average molecular weight is 380 g/mol. The molecular weight excluding hydrogens is 352 g/mol. The molecule has 0 aromatic rings. The summed E-state index contributed by atoms with van der Waals surface area (Å²) in [6.45, 7) is 7.95. The standard InChI is InChI=1S/C17H28N6O4/c1-11(2)9-23-13-14(20(3)17(26)19-15(13)25)18-16(23)22-7-5-21(6-8-22)10-12(24)27-4/h11,13-14H,5-10H2,1-4H3,(H,19,25,26). The van der Waals surface area contributed by atoms with Gasteiger partial charge in [0.05, 0.1) is 13.7 Å². The van der Waals surface area contributed by atoms with Crippen LogP contribution in [0.25, 0.3) is 0 Å². The van der Waals surface area contributed by atoms with Crippen LogP contribution in [0, 0.1) is 5.92 Å². The van der Waals surface area contributed by atoms with Crippen LogP contribution in [0.3, 0.4) is 0 Å². The monoisotopic (exact) mass is 380 g/mol. The van der Waals surface area contributed by atoms with Gasteiger partial charge in [-0.05, 0) is 5.92 Å². The second-order valence-corrected chi connectivity index (χ2v) is 7.58. The van der Waals surface area contributed by atoms with Crippen LogP contribution in [-0.4, -0.2) is 109 Å². The molecule has 3 rings (SSSR count). The molecule has 0 radical (unpaired) electrons. The van der Waals surface area contributed by atoms with Crippen molar-refractivity contribution in [1.82, 2.24) is 24.9 Å². The Morgan fingerprint density at radius 1 is 1.26 bits per heavy atom. The van der Waals surface area contributed by atoms with Crippen LogP contribution in [0.1, 0.15) is 13.8 Å². The minimum absolute atomic E-state index is 0.245. The van der Waals surface area contributed by atoms with E-state index in [-0.39, 0.29) is 18.4 Å². The Labute approximate surface area is 159 Å². The summed E-state index contributed by atoms with van der Waals surface area (Å²) in [5, 5.41) is 2.42. The summed E-state index contributed by atoms with van der Waals surface area (Å²) in [4.78, 5) is 48.4. The van der Waals surface area contributed by atoms with Crippen LogP contribution in [0.4, 0.5) is 4.79 Å². The van der Waals surface area contributed by atoms with Gasteiger partial charge in [-0.2, -0.15) is 0 Å². The normalized spacial score (nSPS) is 26.3. The number of ether oxygens (including phenoxy) is 1. The summed E-state index contributed by atoms with van der Waals surface area (Å²) in [5.41, 5.74) is 0. The summed E-state index contributed by atoms with van der Waals surface area (Å²) < 4.78 is 4.73. The third kappa shape index (κ3) is 3.85. The van der Waals surface area contributed by atoms with E-state index in [9.17, 15) is 14.4 Å². The molecule has 2 unspecified atom stereocenters. The fourth-order valence-electron chi connectivity index (χ4n) is 3.72. The number of methoxy groups -OCH3 is 1. The van der Waals surface area contributed by atoms with E-state index in [1.807, 2.05) is 9.80 Å². The molecule has 10 nitrogen and oxygen atoms in total. The maximum absolute atomic E-state index is 12.5. The summed E-state index contributed by atoms with van der Waals surface area (Å²) in [5.74, 6) is 0.552. The molecule has 150 valence electrons. The van der Waals surface area contributed by atoms with E-state index in [2.05, 4.69) is 24.1 Å². The third-order valence-corrected chi connectivity index (χ3v) is 5.14. The van der Waals surface area contributed by atoms with Crippen molar-refractivity contribution in [3.8, 4) is 0 Å². The number of hydrogen-bond donors (Lipinski definition) is 1. The summed E-state index contributed by atoms with van der Waals surface area (Å²) >= 11 is 0. The quantitative estimate of drug-likeness (QED) is 0.624. The molecule has 3 heterocycles. The summed E-state index contributed by atoms with van der Waals surface area (Å²) in [6.07, 6.45) is -0.506.